The van der Waals surface area contributed by atoms with E-state index in [4.69, 9.17) is 16.3 Å². The molecule has 2 aliphatic rings. The fourth-order valence-electron chi connectivity index (χ4n) is 3.32. The molecule has 0 atom stereocenters. The molecule has 10 heteroatoms. The average molecular weight is 426 g/mol. The maximum Gasteiger partial charge on any atom is 0.394 e. The van der Waals surface area contributed by atoms with E-state index in [9.17, 15) is 22.8 Å². The van der Waals surface area contributed by atoms with Crippen LogP contribution in [0.1, 0.15) is 45.7 Å². The number of aromatic nitrogens is 2. The van der Waals surface area contributed by atoms with Crippen LogP contribution in [0.5, 0.6) is 5.88 Å². The SMILES string of the molecule is O=C1c2ccccc2C(=O)N1Cc1cc(OCCC2(C(F)(F)F)CC2)nc(Cl)n1. The molecule has 2 amide bonds. The van der Waals surface area contributed by atoms with Gasteiger partial charge in [-0.3, -0.25) is 14.5 Å². The lowest BCUT2D eigenvalue weighted by Gasteiger charge is -2.19. The van der Waals surface area contributed by atoms with Gasteiger partial charge in [0.1, 0.15) is 0 Å². The topological polar surface area (TPSA) is 72.4 Å². The lowest BCUT2D eigenvalue weighted by atomic mass is 10.0. The number of carbonyl (C=O) groups excluding carboxylic acids is 2. The number of hydrogen-bond donors (Lipinski definition) is 0. The molecule has 0 unspecified atom stereocenters. The number of fused-ring (bicyclic) bond motifs is 1. The zero-order valence-corrected chi connectivity index (χ0v) is 15.8. The number of alkyl halides is 3. The lowest BCUT2D eigenvalue weighted by molar-refractivity contribution is -0.190. The van der Waals surface area contributed by atoms with Crippen LogP contribution in [0.25, 0.3) is 0 Å². The van der Waals surface area contributed by atoms with Crippen molar-refractivity contribution in [2.45, 2.75) is 32.0 Å². The first-order chi connectivity index (χ1) is 13.7. The van der Waals surface area contributed by atoms with E-state index in [0.29, 0.717) is 11.1 Å². The molecule has 29 heavy (non-hydrogen) atoms. The Morgan fingerprint density at radius 1 is 1.10 bits per heavy atom. The first-order valence-electron chi connectivity index (χ1n) is 8.88. The Labute approximate surface area is 168 Å². The van der Waals surface area contributed by atoms with Crippen LogP contribution < -0.4 is 4.74 Å². The zero-order chi connectivity index (χ0) is 20.8. The second-order valence-corrected chi connectivity index (χ2v) is 7.42. The molecule has 0 spiro atoms. The molecule has 1 aromatic heterocycles. The largest absolute Gasteiger partial charge is 0.478 e. The highest BCUT2D eigenvalue weighted by atomic mass is 35.5. The van der Waals surface area contributed by atoms with Gasteiger partial charge < -0.3 is 4.74 Å². The van der Waals surface area contributed by atoms with Gasteiger partial charge in [0.25, 0.3) is 11.8 Å². The Morgan fingerprint density at radius 3 is 2.28 bits per heavy atom. The summed E-state index contributed by atoms with van der Waals surface area (Å²) in [5.41, 5.74) is -0.828. The maximum atomic E-state index is 13.0. The Bertz CT molecular complexity index is 957. The number of ether oxygens (including phenoxy) is 1. The van der Waals surface area contributed by atoms with Crippen molar-refractivity contribution in [1.29, 1.82) is 0 Å². The molecule has 1 aliphatic carbocycles. The third kappa shape index (κ3) is 3.66. The molecule has 0 N–H and O–H groups in total. The Kier molecular flexibility index (Phi) is 4.72. The van der Waals surface area contributed by atoms with Gasteiger partial charge in [-0.25, -0.2) is 4.98 Å². The van der Waals surface area contributed by atoms with Crippen molar-refractivity contribution in [3.05, 3.63) is 52.4 Å². The number of nitrogens with zero attached hydrogens (tertiary/aromatic N) is 3. The average Bonchev–Trinajstić information content (AvgIpc) is 3.42. The molecule has 2 heterocycles. The number of hydrogen-bond acceptors (Lipinski definition) is 5. The van der Waals surface area contributed by atoms with Crippen LogP contribution in [0.15, 0.2) is 30.3 Å². The maximum absolute atomic E-state index is 13.0. The monoisotopic (exact) mass is 425 g/mol. The summed E-state index contributed by atoms with van der Waals surface area (Å²) >= 11 is 5.88. The standard InChI is InChI=1S/C19H15ClF3N3O3/c20-17-24-11(10-26-15(27)12-3-1-2-4-13(12)16(26)28)9-14(25-17)29-8-7-18(5-6-18)19(21,22)23/h1-4,9H,5-8,10H2. The minimum absolute atomic E-state index is 0.00502. The summed E-state index contributed by atoms with van der Waals surface area (Å²) in [7, 11) is 0. The molecule has 1 saturated carbocycles. The molecule has 6 nitrogen and oxygen atoms in total. The van der Waals surface area contributed by atoms with Crippen molar-refractivity contribution in [3.8, 4) is 5.88 Å². The van der Waals surface area contributed by atoms with Crippen molar-refractivity contribution in [3.63, 3.8) is 0 Å². The van der Waals surface area contributed by atoms with E-state index in [1.54, 1.807) is 24.3 Å². The van der Waals surface area contributed by atoms with Gasteiger partial charge in [-0.15, -0.1) is 0 Å². The van der Waals surface area contributed by atoms with Crippen molar-refractivity contribution in [2.24, 2.45) is 5.41 Å². The molecule has 1 aromatic carbocycles. The van der Waals surface area contributed by atoms with Crippen molar-refractivity contribution < 1.29 is 27.5 Å². The lowest BCUT2D eigenvalue weighted by Crippen LogP contribution is -2.29. The molecular formula is C19H15ClF3N3O3. The number of rotatable bonds is 6. The number of imide groups is 1. The van der Waals surface area contributed by atoms with Crippen LogP contribution in [0.2, 0.25) is 5.28 Å². The van der Waals surface area contributed by atoms with E-state index < -0.39 is 23.4 Å². The van der Waals surface area contributed by atoms with Gasteiger partial charge >= 0.3 is 6.18 Å². The number of amides is 2. The zero-order valence-electron chi connectivity index (χ0n) is 15.0. The molecule has 1 aliphatic heterocycles. The quantitative estimate of drug-likeness (QED) is 0.516. The Hall–Kier alpha value is -2.68. The molecule has 4 rings (SSSR count). The summed E-state index contributed by atoms with van der Waals surface area (Å²) in [6.07, 6.45) is -4.24. The van der Waals surface area contributed by atoms with Crippen molar-refractivity contribution in [1.82, 2.24) is 14.9 Å². The number of benzene rings is 1. The molecule has 0 saturated heterocycles. The summed E-state index contributed by atoms with van der Waals surface area (Å²) in [4.78, 5) is 33.8. The van der Waals surface area contributed by atoms with Gasteiger partial charge in [0, 0.05) is 6.07 Å². The first kappa shape index (κ1) is 19.6. The molecule has 152 valence electrons. The van der Waals surface area contributed by atoms with Gasteiger partial charge in [0.05, 0.1) is 35.4 Å². The van der Waals surface area contributed by atoms with Gasteiger partial charge in [0.2, 0.25) is 11.2 Å². The van der Waals surface area contributed by atoms with E-state index in [2.05, 4.69) is 9.97 Å². The third-order valence-corrected chi connectivity index (χ3v) is 5.38. The first-order valence-corrected chi connectivity index (χ1v) is 9.26. The van der Waals surface area contributed by atoms with Crippen LogP contribution in [-0.4, -0.2) is 39.5 Å². The summed E-state index contributed by atoms with van der Waals surface area (Å²) in [5, 5.41) is -0.189. The van der Waals surface area contributed by atoms with E-state index in [0.717, 1.165) is 4.90 Å². The smallest absolute Gasteiger partial charge is 0.394 e. The molecular weight excluding hydrogens is 411 g/mol. The van der Waals surface area contributed by atoms with Crippen LogP contribution in [0.3, 0.4) is 0 Å². The molecule has 0 radical (unpaired) electrons. The second kappa shape index (κ2) is 6.98. The minimum atomic E-state index is -4.25. The highest BCUT2D eigenvalue weighted by molar-refractivity contribution is 6.28. The third-order valence-electron chi connectivity index (χ3n) is 5.21. The van der Waals surface area contributed by atoms with Crippen LogP contribution >= 0.6 is 11.6 Å². The highest BCUT2D eigenvalue weighted by Gasteiger charge is 2.62. The summed E-state index contributed by atoms with van der Waals surface area (Å²) < 4.78 is 44.3. The van der Waals surface area contributed by atoms with Crippen molar-refractivity contribution >= 4 is 23.4 Å². The Balaban J connectivity index is 1.44. The summed E-state index contributed by atoms with van der Waals surface area (Å²) in [5.74, 6) is -0.915. The Morgan fingerprint density at radius 2 is 1.72 bits per heavy atom. The number of carbonyl (C=O) groups is 2. The predicted octanol–water partition coefficient (Wildman–Crippen LogP) is 4.04. The molecule has 1 fully saturated rings. The normalized spacial score (nSPS) is 17.4. The van der Waals surface area contributed by atoms with Gasteiger partial charge in [-0.2, -0.15) is 18.2 Å². The van der Waals surface area contributed by atoms with E-state index in [1.165, 1.54) is 6.07 Å². The van der Waals surface area contributed by atoms with E-state index >= 15 is 0 Å². The fraction of sp³-hybridized carbons (Fsp3) is 0.368. The highest BCUT2D eigenvalue weighted by Crippen LogP contribution is 2.59. The van der Waals surface area contributed by atoms with Crippen molar-refractivity contribution in [2.75, 3.05) is 6.61 Å². The van der Waals surface area contributed by atoms with Gasteiger partial charge in [-0.1, -0.05) is 12.1 Å². The van der Waals surface area contributed by atoms with Gasteiger partial charge in [-0.05, 0) is 43.0 Å². The van der Waals surface area contributed by atoms with E-state index in [1.807, 2.05) is 0 Å². The minimum Gasteiger partial charge on any atom is -0.478 e. The fourth-order valence-corrected chi connectivity index (χ4v) is 3.51. The van der Waals surface area contributed by atoms with Crippen LogP contribution in [0, 0.1) is 5.41 Å². The number of halogens is 4. The molecule has 2 aromatic rings. The summed E-state index contributed by atoms with van der Waals surface area (Å²) in [6, 6.07) is 7.81. The van der Waals surface area contributed by atoms with Gasteiger partial charge in [0.15, 0.2) is 0 Å². The van der Waals surface area contributed by atoms with E-state index in [-0.39, 0.29) is 49.3 Å². The summed E-state index contributed by atoms with van der Waals surface area (Å²) in [6.45, 7) is -0.337. The predicted molar refractivity (Wildman–Crippen MR) is 95.5 cm³/mol. The van der Waals surface area contributed by atoms with Crippen LogP contribution in [0.4, 0.5) is 13.2 Å². The molecule has 0 bridgehead atoms. The second-order valence-electron chi connectivity index (χ2n) is 7.09. The van der Waals surface area contributed by atoms with Crippen LogP contribution in [-0.2, 0) is 6.54 Å².